The van der Waals surface area contributed by atoms with Gasteiger partial charge in [-0.3, -0.25) is 0 Å². The number of aryl methyl sites for hydroxylation is 1. The minimum atomic E-state index is 0.487. The molecule has 2 aromatic rings. The predicted octanol–water partition coefficient (Wildman–Crippen LogP) is 4.20. The molecular weight excluding hydrogens is 244 g/mol. The van der Waals surface area contributed by atoms with Crippen LogP contribution in [0.5, 0.6) is 0 Å². The molecule has 18 heavy (non-hydrogen) atoms. The van der Waals surface area contributed by atoms with E-state index in [1.807, 2.05) is 12.1 Å². The Morgan fingerprint density at radius 1 is 1.44 bits per heavy atom. The maximum atomic E-state index is 6.28. The van der Waals surface area contributed by atoms with Gasteiger partial charge in [0.1, 0.15) is 0 Å². The summed E-state index contributed by atoms with van der Waals surface area (Å²) in [5.41, 5.74) is 3.93. The van der Waals surface area contributed by atoms with Crippen molar-refractivity contribution in [3.63, 3.8) is 0 Å². The Balaban J connectivity index is 2.09. The molecule has 1 aromatic heterocycles. The molecule has 0 aliphatic heterocycles. The van der Waals surface area contributed by atoms with Crippen LogP contribution >= 0.6 is 11.6 Å². The van der Waals surface area contributed by atoms with E-state index in [9.17, 15) is 0 Å². The molecule has 0 amide bonds. The van der Waals surface area contributed by atoms with Crippen LogP contribution in [0.1, 0.15) is 43.5 Å². The number of H-pyrrole nitrogens is 1. The molecule has 1 aliphatic rings. The van der Waals surface area contributed by atoms with Gasteiger partial charge in [0, 0.05) is 17.1 Å². The van der Waals surface area contributed by atoms with Crippen LogP contribution in [0.25, 0.3) is 10.9 Å². The van der Waals surface area contributed by atoms with Crippen LogP contribution in [-0.4, -0.2) is 11.5 Å². The maximum Gasteiger partial charge on any atom is 0.0648 e. The quantitative estimate of drug-likeness (QED) is 0.853. The van der Waals surface area contributed by atoms with Gasteiger partial charge >= 0.3 is 0 Å². The highest BCUT2D eigenvalue weighted by atomic mass is 35.5. The van der Waals surface area contributed by atoms with E-state index in [2.05, 4.69) is 23.3 Å². The van der Waals surface area contributed by atoms with E-state index in [-0.39, 0.29) is 0 Å². The number of hydrogen-bond donors (Lipinski definition) is 2. The van der Waals surface area contributed by atoms with Crippen LogP contribution in [-0.2, 0) is 6.42 Å². The Morgan fingerprint density at radius 3 is 3.17 bits per heavy atom. The number of aromatic nitrogens is 1. The summed E-state index contributed by atoms with van der Waals surface area (Å²) in [5, 5.41) is 5.79. The normalized spacial score (nSPS) is 19.1. The highest BCUT2D eigenvalue weighted by molar-refractivity contribution is 6.35. The van der Waals surface area contributed by atoms with Crippen molar-refractivity contribution in [1.29, 1.82) is 0 Å². The first-order valence-electron chi connectivity index (χ1n) is 6.83. The molecule has 1 heterocycles. The number of aromatic amines is 1. The van der Waals surface area contributed by atoms with Gasteiger partial charge in [-0.15, -0.1) is 0 Å². The van der Waals surface area contributed by atoms with Crippen LogP contribution in [0.4, 0.5) is 0 Å². The van der Waals surface area contributed by atoms with Gasteiger partial charge in [0.05, 0.1) is 10.5 Å². The second-order valence-electron chi connectivity index (χ2n) is 5.08. The summed E-state index contributed by atoms with van der Waals surface area (Å²) in [6.07, 6.45) is 4.80. The molecule has 3 rings (SSSR count). The van der Waals surface area contributed by atoms with Crippen LogP contribution in [0.15, 0.2) is 18.2 Å². The second kappa shape index (κ2) is 4.94. The number of benzene rings is 1. The monoisotopic (exact) mass is 262 g/mol. The predicted molar refractivity (Wildman–Crippen MR) is 77.3 cm³/mol. The highest BCUT2D eigenvalue weighted by Crippen LogP contribution is 2.37. The van der Waals surface area contributed by atoms with Crippen molar-refractivity contribution in [3.8, 4) is 0 Å². The zero-order valence-corrected chi connectivity index (χ0v) is 11.5. The third-order valence-electron chi connectivity index (χ3n) is 3.81. The van der Waals surface area contributed by atoms with E-state index in [0.29, 0.717) is 6.04 Å². The first-order valence-corrected chi connectivity index (χ1v) is 7.21. The largest absolute Gasteiger partial charge is 0.357 e. The SMILES string of the molecule is CCCNC1CCCc2[nH]c3c(Cl)cccc3c21. The number of hydrogen-bond acceptors (Lipinski definition) is 1. The topological polar surface area (TPSA) is 27.8 Å². The molecule has 2 nitrogen and oxygen atoms in total. The first kappa shape index (κ1) is 12.1. The minimum absolute atomic E-state index is 0.487. The Morgan fingerprint density at radius 2 is 2.33 bits per heavy atom. The van der Waals surface area contributed by atoms with Gasteiger partial charge in [-0.25, -0.2) is 0 Å². The van der Waals surface area contributed by atoms with Crippen LogP contribution in [0.3, 0.4) is 0 Å². The van der Waals surface area contributed by atoms with Crippen molar-refractivity contribution in [2.75, 3.05) is 6.54 Å². The summed E-state index contributed by atoms with van der Waals surface area (Å²) >= 11 is 6.28. The van der Waals surface area contributed by atoms with Crippen molar-refractivity contribution < 1.29 is 0 Å². The van der Waals surface area contributed by atoms with Crippen molar-refractivity contribution in [3.05, 3.63) is 34.5 Å². The molecule has 1 aromatic carbocycles. The number of rotatable bonds is 3. The van der Waals surface area contributed by atoms with Gasteiger partial charge in [0.2, 0.25) is 0 Å². The van der Waals surface area contributed by atoms with E-state index in [1.54, 1.807) is 0 Å². The molecule has 1 atom stereocenters. The summed E-state index contributed by atoms with van der Waals surface area (Å²) in [4.78, 5) is 3.52. The third-order valence-corrected chi connectivity index (χ3v) is 4.13. The van der Waals surface area contributed by atoms with Gasteiger partial charge < -0.3 is 10.3 Å². The molecule has 0 bridgehead atoms. The van der Waals surface area contributed by atoms with Gasteiger partial charge in [0.25, 0.3) is 0 Å². The summed E-state index contributed by atoms with van der Waals surface area (Å²) in [5.74, 6) is 0. The number of para-hydroxylation sites is 1. The highest BCUT2D eigenvalue weighted by Gasteiger charge is 2.24. The van der Waals surface area contributed by atoms with Gasteiger partial charge in [0.15, 0.2) is 0 Å². The molecule has 0 saturated heterocycles. The van der Waals surface area contributed by atoms with Gasteiger partial charge in [-0.2, -0.15) is 0 Å². The zero-order chi connectivity index (χ0) is 12.5. The van der Waals surface area contributed by atoms with Gasteiger partial charge in [-0.1, -0.05) is 30.7 Å². The lowest BCUT2D eigenvalue weighted by Gasteiger charge is -2.24. The van der Waals surface area contributed by atoms with Crippen molar-refractivity contribution in [2.45, 2.75) is 38.6 Å². The van der Waals surface area contributed by atoms with Gasteiger partial charge in [-0.05, 0) is 43.9 Å². The maximum absolute atomic E-state index is 6.28. The average molecular weight is 263 g/mol. The van der Waals surface area contributed by atoms with E-state index < -0.39 is 0 Å². The average Bonchev–Trinajstić information content (AvgIpc) is 2.77. The summed E-state index contributed by atoms with van der Waals surface area (Å²) in [7, 11) is 0. The van der Waals surface area contributed by atoms with E-state index >= 15 is 0 Å². The zero-order valence-electron chi connectivity index (χ0n) is 10.7. The molecule has 96 valence electrons. The summed E-state index contributed by atoms with van der Waals surface area (Å²) in [6.45, 7) is 3.29. The minimum Gasteiger partial charge on any atom is -0.357 e. The van der Waals surface area contributed by atoms with Crippen LogP contribution in [0.2, 0.25) is 5.02 Å². The molecule has 1 unspecified atom stereocenters. The Kier molecular flexibility index (Phi) is 3.31. The number of fused-ring (bicyclic) bond motifs is 3. The fourth-order valence-corrected chi connectivity index (χ4v) is 3.22. The molecule has 2 N–H and O–H groups in total. The second-order valence-corrected chi connectivity index (χ2v) is 5.49. The fourth-order valence-electron chi connectivity index (χ4n) is 3.00. The van der Waals surface area contributed by atoms with E-state index in [4.69, 9.17) is 11.6 Å². The summed E-state index contributed by atoms with van der Waals surface area (Å²) in [6, 6.07) is 6.67. The Hall–Kier alpha value is -0.990. The van der Waals surface area contributed by atoms with Crippen molar-refractivity contribution in [1.82, 2.24) is 10.3 Å². The first-order chi connectivity index (χ1) is 8.81. The van der Waals surface area contributed by atoms with Crippen molar-refractivity contribution >= 4 is 22.5 Å². The van der Waals surface area contributed by atoms with Crippen molar-refractivity contribution in [2.24, 2.45) is 0 Å². The fraction of sp³-hybridized carbons (Fsp3) is 0.467. The number of halogens is 1. The molecule has 0 saturated carbocycles. The molecule has 0 radical (unpaired) electrons. The Labute approximate surface area is 113 Å². The molecule has 0 fully saturated rings. The van der Waals surface area contributed by atoms with E-state index in [0.717, 1.165) is 23.5 Å². The lowest BCUT2D eigenvalue weighted by Crippen LogP contribution is -2.25. The standard InChI is InChI=1S/C15H19ClN2/c1-2-9-17-12-7-4-8-13-14(12)10-5-3-6-11(16)15(10)18-13/h3,5-6,12,17-18H,2,4,7-9H2,1H3. The molecule has 3 heteroatoms. The molecule has 1 aliphatic carbocycles. The Bertz CT molecular complexity index is 559. The van der Waals surface area contributed by atoms with Crippen LogP contribution in [0, 0.1) is 0 Å². The smallest absolute Gasteiger partial charge is 0.0648 e. The molecule has 0 spiro atoms. The molecular formula is C15H19ClN2. The lowest BCUT2D eigenvalue weighted by atomic mass is 9.90. The lowest BCUT2D eigenvalue weighted by molar-refractivity contribution is 0.461. The summed E-state index contributed by atoms with van der Waals surface area (Å²) < 4.78 is 0. The number of nitrogens with one attached hydrogen (secondary N) is 2. The van der Waals surface area contributed by atoms with Crippen LogP contribution < -0.4 is 5.32 Å². The third kappa shape index (κ3) is 1.94. The van der Waals surface area contributed by atoms with E-state index in [1.165, 1.54) is 35.9 Å².